The molecule has 2 aromatic carbocycles. The van der Waals surface area contributed by atoms with Gasteiger partial charge in [-0.2, -0.15) is 0 Å². The maximum atomic E-state index is 3.73. The quantitative estimate of drug-likeness (QED) is 0.366. The molecule has 0 aliphatic carbocycles. The van der Waals surface area contributed by atoms with Crippen LogP contribution in [0.4, 0.5) is 0 Å². The molecule has 2 aromatic rings. The summed E-state index contributed by atoms with van der Waals surface area (Å²) >= 11 is 4.32. The van der Waals surface area contributed by atoms with Crippen LogP contribution < -0.4 is 0 Å². The van der Waals surface area contributed by atoms with Crippen LogP contribution in [0.5, 0.6) is 0 Å². The molecule has 0 spiro atoms. The van der Waals surface area contributed by atoms with E-state index >= 15 is 0 Å². The molecule has 1 radical (unpaired) electrons. The summed E-state index contributed by atoms with van der Waals surface area (Å²) < 4.78 is 1.63. The van der Waals surface area contributed by atoms with Crippen LogP contribution in [-0.4, -0.2) is 59.6 Å². The second-order valence-electron chi connectivity index (χ2n) is 5.93. The number of hydrogen-bond acceptors (Lipinski definition) is 1. The molecule has 0 fully saturated rings. The van der Waals surface area contributed by atoms with Crippen LogP contribution >= 0.6 is 4.64 Å². The summed E-state index contributed by atoms with van der Waals surface area (Å²) in [6, 6.07) is 21.9. The van der Waals surface area contributed by atoms with Crippen molar-refractivity contribution < 1.29 is 0 Å². The third-order valence-electron chi connectivity index (χ3n) is 4.14. The Hall–Kier alpha value is -0.131. The fraction of sp³-hybridized carbons (Fsp3) is 0.400. The predicted octanol–water partition coefficient (Wildman–Crippen LogP) is 4.45. The minimum absolute atomic E-state index is 0.597. The van der Waals surface area contributed by atoms with Gasteiger partial charge in [0, 0.05) is 0 Å². The van der Waals surface area contributed by atoms with Crippen LogP contribution in [0, 0.1) is 0 Å². The Kier molecular flexibility index (Phi) is 9.06. The van der Waals surface area contributed by atoms with Crippen molar-refractivity contribution in [2.24, 2.45) is 0 Å². The first-order valence-electron chi connectivity index (χ1n) is 8.76. The second kappa shape index (κ2) is 10.8. The first-order valence-corrected chi connectivity index (χ1v) is 16.1. The van der Waals surface area contributed by atoms with Gasteiger partial charge in [-0.1, -0.05) is 0 Å². The van der Waals surface area contributed by atoms with E-state index in [0.29, 0.717) is 14.7 Å². The topological polar surface area (TPSA) is 3.24 Å². The Morgan fingerprint density at radius 2 is 1.21 bits per heavy atom. The summed E-state index contributed by atoms with van der Waals surface area (Å²) in [5.74, 6) is 0. The Balaban J connectivity index is 2.01. The van der Waals surface area contributed by atoms with E-state index in [-0.39, 0.29) is 0 Å². The number of nitrogens with zero attached hydrogens (tertiary/aromatic N) is 1. The predicted molar refractivity (Wildman–Crippen MR) is 111 cm³/mol. The fourth-order valence-corrected chi connectivity index (χ4v) is 15.4. The molecule has 0 aliphatic heterocycles. The molecule has 129 valence electrons. The Bertz CT molecular complexity index is 529. The van der Waals surface area contributed by atoms with Crippen LogP contribution in [-0.2, 0) is 12.8 Å². The van der Waals surface area contributed by atoms with Gasteiger partial charge < -0.3 is 0 Å². The first-order chi connectivity index (χ1) is 11.6. The van der Waals surface area contributed by atoms with E-state index in [1.54, 1.807) is 0 Å². The average molecular weight is 471 g/mol. The molecule has 0 unspecified atom stereocenters. The van der Waals surface area contributed by atoms with Gasteiger partial charge in [-0.3, -0.25) is 0 Å². The molecule has 0 heterocycles. The van der Waals surface area contributed by atoms with E-state index in [1.165, 1.54) is 49.4 Å². The molecule has 0 aromatic heterocycles. The zero-order valence-electron chi connectivity index (χ0n) is 14.7. The zero-order valence-corrected chi connectivity index (χ0v) is 19.0. The van der Waals surface area contributed by atoms with Crippen LogP contribution in [0.2, 0.25) is 0 Å². The normalized spacial score (nSPS) is 11.8. The van der Waals surface area contributed by atoms with Gasteiger partial charge in [-0.25, -0.2) is 0 Å². The molecule has 2 rings (SSSR count). The van der Waals surface area contributed by atoms with Crippen LogP contribution in [0.25, 0.3) is 0 Å². The summed E-state index contributed by atoms with van der Waals surface area (Å²) in [7, 11) is 0. The number of hydrogen-bond donors (Lipinski definition) is 0. The second-order valence-corrected chi connectivity index (χ2v) is 23.0. The van der Waals surface area contributed by atoms with Crippen molar-refractivity contribution in [3.05, 3.63) is 71.8 Å². The van der Waals surface area contributed by atoms with E-state index in [1.807, 2.05) is 0 Å². The molecule has 0 aliphatic rings. The molecular formula is C20H28NPSe2+. The van der Waals surface area contributed by atoms with Crippen LogP contribution in [0.15, 0.2) is 60.7 Å². The van der Waals surface area contributed by atoms with Gasteiger partial charge in [-0.05, 0) is 0 Å². The molecule has 0 amide bonds. The van der Waals surface area contributed by atoms with Crippen LogP contribution in [0.1, 0.15) is 25.0 Å². The summed E-state index contributed by atoms with van der Waals surface area (Å²) in [6.07, 6.45) is 5.08. The number of rotatable bonds is 10. The molecule has 0 N–H and O–H groups in total. The summed E-state index contributed by atoms with van der Waals surface area (Å²) in [5, 5.41) is 0. The van der Waals surface area contributed by atoms with Crippen molar-refractivity contribution in [3.8, 4) is 0 Å². The summed E-state index contributed by atoms with van der Waals surface area (Å²) in [6.45, 7) is 6.95. The van der Waals surface area contributed by atoms with Gasteiger partial charge >= 0.3 is 163 Å². The molecule has 0 saturated carbocycles. The van der Waals surface area contributed by atoms with Crippen molar-refractivity contribution in [3.63, 3.8) is 0 Å². The van der Waals surface area contributed by atoms with Gasteiger partial charge in [0.05, 0.1) is 0 Å². The van der Waals surface area contributed by atoms with Crippen molar-refractivity contribution in [1.82, 2.24) is 3.92 Å². The van der Waals surface area contributed by atoms with Gasteiger partial charge in [0.1, 0.15) is 0 Å². The molecular weight excluding hydrogens is 443 g/mol. The van der Waals surface area contributed by atoms with E-state index in [2.05, 4.69) is 94.0 Å². The Morgan fingerprint density at radius 3 is 1.58 bits per heavy atom. The van der Waals surface area contributed by atoms with Gasteiger partial charge in [0.25, 0.3) is 0 Å². The Labute approximate surface area is 162 Å². The third-order valence-corrected chi connectivity index (χ3v) is 17.7. The summed E-state index contributed by atoms with van der Waals surface area (Å²) in [5.41, 5.74) is 2.96. The fourth-order valence-electron chi connectivity index (χ4n) is 2.63. The zero-order chi connectivity index (χ0) is 17.3. The van der Waals surface area contributed by atoms with E-state index in [0.717, 1.165) is 0 Å². The standard InChI is InChI=1S/C20H28NPSe2/c1-3-21(4-2)24-22(23,17-15-19-11-7-5-8-12-19)18-16-20-13-9-6-10-14-20/h5-14H,3-4,15-18H2,1-2H3/q+1. The maximum absolute atomic E-state index is 3.73. The van der Waals surface area contributed by atoms with E-state index < -0.39 is 4.64 Å². The number of aryl methyl sites for hydroxylation is 2. The van der Waals surface area contributed by atoms with Crippen molar-refractivity contribution in [2.45, 2.75) is 26.7 Å². The molecule has 4 heteroatoms. The van der Waals surface area contributed by atoms with Crippen molar-refractivity contribution in [2.75, 3.05) is 25.4 Å². The SMILES string of the molecule is CCN(CC)[Se][P+]([Se])(CCc1ccccc1)CCc1ccccc1. The number of benzene rings is 2. The molecule has 1 nitrogen and oxygen atoms in total. The average Bonchev–Trinajstić information content (AvgIpc) is 2.65. The van der Waals surface area contributed by atoms with E-state index in [9.17, 15) is 0 Å². The molecule has 24 heavy (non-hydrogen) atoms. The van der Waals surface area contributed by atoms with Gasteiger partial charge in [0.2, 0.25) is 0 Å². The minimum atomic E-state index is -1.03. The molecule has 0 saturated heterocycles. The van der Waals surface area contributed by atoms with Gasteiger partial charge in [-0.15, -0.1) is 0 Å². The summed E-state index contributed by atoms with van der Waals surface area (Å²) in [4.78, 5) is 0. The third kappa shape index (κ3) is 7.01. The van der Waals surface area contributed by atoms with E-state index in [4.69, 9.17) is 0 Å². The van der Waals surface area contributed by atoms with Crippen molar-refractivity contribution >= 4 is 34.9 Å². The van der Waals surface area contributed by atoms with Crippen molar-refractivity contribution in [1.29, 1.82) is 0 Å². The van der Waals surface area contributed by atoms with Gasteiger partial charge in [0.15, 0.2) is 0 Å². The Morgan fingerprint density at radius 1 is 0.792 bits per heavy atom. The monoisotopic (exact) mass is 473 g/mol. The molecule has 0 atom stereocenters. The molecule has 0 bridgehead atoms. The first kappa shape index (κ1) is 20.2. The van der Waals surface area contributed by atoms with Crippen LogP contribution in [0.3, 0.4) is 0 Å².